The van der Waals surface area contributed by atoms with Gasteiger partial charge in [0.15, 0.2) is 0 Å². The molecule has 1 unspecified atom stereocenters. The molecule has 3 heterocycles. The number of piperazine rings is 1. The monoisotopic (exact) mass is 686 g/mol. The minimum atomic E-state index is -1.02. The van der Waals surface area contributed by atoms with Crippen molar-refractivity contribution in [2.75, 3.05) is 44.3 Å². The van der Waals surface area contributed by atoms with Gasteiger partial charge in [-0.25, -0.2) is 18.4 Å². The average Bonchev–Trinajstić information content (AvgIpc) is 3.79. The second-order valence-corrected chi connectivity index (χ2v) is 13.9. The Hall–Kier alpha value is -4.39. The lowest BCUT2D eigenvalue weighted by molar-refractivity contribution is -0.0206. The summed E-state index contributed by atoms with van der Waals surface area (Å²) in [6.45, 7) is 6.63. The van der Waals surface area contributed by atoms with E-state index in [1.165, 1.54) is 18.5 Å². The predicted octanol–water partition coefficient (Wildman–Crippen LogP) is 4.71. The molecule has 2 saturated heterocycles. The number of hydrogen-bond donors (Lipinski definition) is 2. The summed E-state index contributed by atoms with van der Waals surface area (Å²) in [5.74, 6) is -0.636. The van der Waals surface area contributed by atoms with E-state index in [0.717, 1.165) is 62.1 Å². The first kappa shape index (κ1) is 34.1. The van der Waals surface area contributed by atoms with E-state index in [4.69, 9.17) is 9.47 Å². The van der Waals surface area contributed by atoms with Gasteiger partial charge in [-0.3, -0.25) is 9.69 Å². The molecule has 2 N–H and O–H groups in total. The van der Waals surface area contributed by atoms with Crippen LogP contribution in [0, 0.1) is 24.5 Å². The van der Waals surface area contributed by atoms with Crippen molar-refractivity contribution in [1.82, 2.24) is 25.0 Å². The minimum absolute atomic E-state index is 0.0103. The second kappa shape index (κ2) is 14.8. The Morgan fingerprint density at radius 3 is 2.60 bits per heavy atom. The molecule has 3 fully saturated rings. The Kier molecular flexibility index (Phi) is 10.1. The number of hydrogen-bond acceptors (Lipinski definition) is 8. The van der Waals surface area contributed by atoms with Gasteiger partial charge in [-0.15, -0.1) is 0 Å². The number of nitrogens with zero attached hydrogens (tertiary/aromatic N) is 5. The zero-order valence-electron chi connectivity index (χ0n) is 28.3. The van der Waals surface area contributed by atoms with Gasteiger partial charge < -0.3 is 24.8 Å². The summed E-state index contributed by atoms with van der Waals surface area (Å²) >= 11 is 0. The van der Waals surface area contributed by atoms with E-state index in [-0.39, 0.29) is 24.4 Å². The number of aryl methyl sites for hydroxylation is 1. The summed E-state index contributed by atoms with van der Waals surface area (Å²) in [6, 6.07) is 19.1. The SMILES string of the molecule is Cc1cc(N2CCN(C3CC[C@H](NC(=O)c4ccccc4)[C@@H](O)C3)CC2)ccc1OC[C@@H]1CO[C@@](Cn2cncn2)(c2ccc(F)cc2F)C1. The third-order valence-corrected chi connectivity index (χ3v) is 10.5. The molecule has 7 rings (SSSR count). The van der Waals surface area contributed by atoms with Gasteiger partial charge in [0.05, 0.1) is 31.9 Å². The van der Waals surface area contributed by atoms with Crippen molar-refractivity contribution in [3.63, 3.8) is 0 Å². The highest BCUT2D eigenvalue weighted by Gasteiger charge is 2.45. The van der Waals surface area contributed by atoms with Crippen LogP contribution in [-0.2, 0) is 16.9 Å². The molecule has 1 amide bonds. The topological polar surface area (TPSA) is 105 Å². The molecule has 1 aromatic heterocycles. The van der Waals surface area contributed by atoms with Crippen LogP contribution in [0.3, 0.4) is 0 Å². The van der Waals surface area contributed by atoms with Gasteiger partial charge in [-0.1, -0.05) is 24.3 Å². The molecule has 2 aliphatic heterocycles. The Morgan fingerprint density at radius 1 is 1.06 bits per heavy atom. The van der Waals surface area contributed by atoms with Gasteiger partial charge in [0.25, 0.3) is 5.91 Å². The normalized spacial score (nSPS) is 25.8. The number of benzene rings is 3. The quantitative estimate of drug-likeness (QED) is 0.247. The largest absolute Gasteiger partial charge is 0.493 e. The van der Waals surface area contributed by atoms with Crippen LogP contribution in [-0.4, -0.2) is 88.3 Å². The summed E-state index contributed by atoms with van der Waals surface area (Å²) in [6.07, 6.45) is 5.24. The number of rotatable bonds is 10. The van der Waals surface area contributed by atoms with Gasteiger partial charge in [0.2, 0.25) is 0 Å². The van der Waals surface area contributed by atoms with E-state index in [1.807, 2.05) is 31.2 Å². The molecule has 50 heavy (non-hydrogen) atoms. The second-order valence-electron chi connectivity index (χ2n) is 13.9. The molecule has 10 nitrogen and oxygen atoms in total. The number of aliphatic hydroxyl groups excluding tert-OH is 1. The molecular formula is C38H44F2N6O4. The first-order valence-corrected chi connectivity index (χ1v) is 17.4. The molecular weight excluding hydrogens is 642 g/mol. The van der Waals surface area contributed by atoms with Crippen molar-refractivity contribution >= 4 is 11.6 Å². The van der Waals surface area contributed by atoms with Crippen LogP contribution in [0.15, 0.2) is 79.4 Å². The first-order valence-electron chi connectivity index (χ1n) is 17.4. The molecule has 0 bridgehead atoms. The molecule has 4 aromatic rings. The maximum atomic E-state index is 15.0. The molecule has 0 radical (unpaired) electrons. The Morgan fingerprint density at radius 2 is 1.88 bits per heavy atom. The standard InChI is InChI=1S/C38H44F2N6O4/c1-26-17-30(44-13-15-45(16-14-44)31-8-11-34(35(47)19-31)43-37(48)28-5-3-2-4-6-28)9-12-36(26)49-21-27-20-38(50-22-27,23-46-25-41-24-42-46)32-10-7-29(39)18-33(32)40/h2-7,9-10,12,17-18,24-25,27,31,34-35,47H,8,11,13-16,19-23H2,1H3,(H,43,48)/t27-,31?,34+,35+,38+/m1/s1. The van der Waals surface area contributed by atoms with Crippen LogP contribution in [0.25, 0.3) is 0 Å². The van der Waals surface area contributed by atoms with Crippen molar-refractivity contribution in [2.24, 2.45) is 5.92 Å². The minimum Gasteiger partial charge on any atom is -0.493 e. The van der Waals surface area contributed by atoms with Crippen LogP contribution >= 0.6 is 0 Å². The average molecular weight is 687 g/mol. The summed E-state index contributed by atoms with van der Waals surface area (Å²) in [4.78, 5) is 21.5. The maximum Gasteiger partial charge on any atom is 0.251 e. The van der Waals surface area contributed by atoms with Crippen LogP contribution in [0.4, 0.5) is 14.5 Å². The predicted molar refractivity (Wildman–Crippen MR) is 184 cm³/mol. The fourth-order valence-corrected chi connectivity index (χ4v) is 7.80. The van der Waals surface area contributed by atoms with Crippen LogP contribution in [0.5, 0.6) is 5.75 Å². The third-order valence-electron chi connectivity index (χ3n) is 10.5. The van der Waals surface area contributed by atoms with Gasteiger partial charge in [-0.2, -0.15) is 5.10 Å². The number of aromatic nitrogens is 3. The number of halogens is 2. The van der Waals surface area contributed by atoms with Crippen molar-refractivity contribution in [2.45, 2.75) is 62.9 Å². The van der Waals surface area contributed by atoms with Crippen molar-refractivity contribution < 1.29 is 28.2 Å². The fourth-order valence-electron chi connectivity index (χ4n) is 7.80. The smallest absolute Gasteiger partial charge is 0.251 e. The third kappa shape index (κ3) is 7.52. The van der Waals surface area contributed by atoms with Crippen LogP contribution < -0.4 is 15.0 Å². The zero-order chi connectivity index (χ0) is 34.7. The number of anilines is 1. The highest BCUT2D eigenvalue weighted by atomic mass is 19.1. The Labute approximate surface area is 291 Å². The van der Waals surface area contributed by atoms with E-state index in [1.54, 1.807) is 23.1 Å². The number of carbonyl (C=O) groups is 1. The molecule has 3 aromatic carbocycles. The maximum absolute atomic E-state index is 15.0. The van der Waals surface area contributed by atoms with Crippen molar-refractivity contribution in [1.29, 1.82) is 0 Å². The van der Waals surface area contributed by atoms with E-state index in [0.29, 0.717) is 43.2 Å². The molecule has 0 spiro atoms. The van der Waals surface area contributed by atoms with Crippen LogP contribution in [0.1, 0.15) is 47.2 Å². The molecule has 1 saturated carbocycles. The lowest BCUT2D eigenvalue weighted by Crippen LogP contribution is -2.55. The van der Waals surface area contributed by atoms with Gasteiger partial charge in [-0.05, 0) is 74.6 Å². The molecule has 12 heteroatoms. The van der Waals surface area contributed by atoms with E-state index in [2.05, 4.69) is 37.3 Å². The lowest BCUT2D eigenvalue weighted by atomic mass is 9.87. The number of aliphatic hydroxyl groups is 1. The Bertz CT molecular complexity index is 1750. The van der Waals surface area contributed by atoms with Gasteiger partial charge >= 0.3 is 0 Å². The zero-order valence-corrected chi connectivity index (χ0v) is 28.3. The summed E-state index contributed by atoms with van der Waals surface area (Å²) in [5.41, 5.74) is 2.06. The Balaban J connectivity index is 0.903. The highest BCUT2D eigenvalue weighted by molar-refractivity contribution is 5.94. The van der Waals surface area contributed by atoms with E-state index < -0.39 is 23.3 Å². The molecule has 3 aliphatic rings. The summed E-state index contributed by atoms with van der Waals surface area (Å²) < 4.78 is 42.9. The number of carbonyl (C=O) groups excluding carboxylic acids is 1. The molecule has 1 aliphatic carbocycles. The van der Waals surface area contributed by atoms with Crippen LogP contribution in [0.2, 0.25) is 0 Å². The molecule has 5 atom stereocenters. The number of nitrogens with one attached hydrogen (secondary N) is 1. The van der Waals surface area contributed by atoms with E-state index in [9.17, 15) is 14.3 Å². The summed E-state index contributed by atoms with van der Waals surface area (Å²) in [5, 5.41) is 18.1. The van der Waals surface area contributed by atoms with Crippen molar-refractivity contribution in [3.8, 4) is 5.75 Å². The van der Waals surface area contributed by atoms with Gasteiger partial charge in [0.1, 0.15) is 35.6 Å². The molecule has 264 valence electrons. The van der Waals surface area contributed by atoms with Gasteiger partial charge in [0, 0.05) is 61.0 Å². The number of ether oxygens (including phenoxy) is 2. The highest BCUT2D eigenvalue weighted by Crippen LogP contribution is 2.42. The first-order chi connectivity index (χ1) is 24.3. The van der Waals surface area contributed by atoms with Crippen molar-refractivity contribution in [3.05, 3.63) is 108 Å². The fraction of sp³-hybridized carbons (Fsp3) is 0.447. The lowest BCUT2D eigenvalue weighted by Gasteiger charge is -2.44. The number of amides is 1. The van der Waals surface area contributed by atoms with E-state index >= 15 is 4.39 Å². The summed E-state index contributed by atoms with van der Waals surface area (Å²) in [7, 11) is 0.